The van der Waals surface area contributed by atoms with Crippen molar-refractivity contribution in [3.05, 3.63) is 51.6 Å². The van der Waals surface area contributed by atoms with Gasteiger partial charge in [-0.3, -0.25) is 10.1 Å². The first-order valence-corrected chi connectivity index (χ1v) is 5.10. The number of benzene rings is 2. The quantitative estimate of drug-likeness (QED) is 0.645. The summed E-state index contributed by atoms with van der Waals surface area (Å²) in [6, 6.07) is 7.08. The number of carbonyl (C=O) groups is 2. The van der Waals surface area contributed by atoms with Crippen LogP contribution in [-0.4, -0.2) is 27.1 Å². The van der Waals surface area contributed by atoms with Gasteiger partial charge in [-0.1, -0.05) is 18.2 Å². The van der Waals surface area contributed by atoms with Gasteiger partial charge >= 0.3 is 11.9 Å². The number of nitro groups is 1. The number of hydrogen-bond acceptors (Lipinski definition) is 4. The fourth-order valence-electron chi connectivity index (χ4n) is 1.90. The largest absolute Gasteiger partial charge is 0.478 e. The molecule has 0 aromatic heterocycles. The van der Waals surface area contributed by atoms with Crippen molar-refractivity contribution in [2.24, 2.45) is 0 Å². The molecule has 0 bridgehead atoms. The van der Waals surface area contributed by atoms with Crippen LogP contribution in [0.2, 0.25) is 0 Å². The Hall–Kier alpha value is -2.96. The number of nitro benzene ring substituents is 1. The Labute approximate surface area is 105 Å². The highest BCUT2D eigenvalue weighted by Gasteiger charge is 2.30. The summed E-state index contributed by atoms with van der Waals surface area (Å²) in [5.41, 5.74) is -2.11. The minimum atomic E-state index is -1.64. The summed E-state index contributed by atoms with van der Waals surface area (Å²) in [7, 11) is 0. The Balaban J connectivity index is 3.04. The molecule has 0 heterocycles. The molecule has 2 rings (SSSR count). The molecule has 0 atom stereocenters. The van der Waals surface area contributed by atoms with Gasteiger partial charge in [0.15, 0.2) is 5.56 Å². The zero-order valence-corrected chi connectivity index (χ0v) is 9.36. The summed E-state index contributed by atoms with van der Waals surface area (Å²) in [5.74, 6) is -3.17. The predicted molar refractivity (Wildman–Crippen MR) is 64.5 cm³/mol. The average Bonchev–Trinajstić information content (AvgIpc) is 2.35. The molecule has 0 unspecified atom stereocenters. The third-order valence-corrected chi connectivity index (χ3v) is 2.65. The van der Waals surface area contributed by atoms with Crippen LogP contribution in [-0.2, 0) is 0 Å². The molecular weight excluding hydrogens is 254 g/mol. The van der Waals surface area contributed by atoms with E-state index in [4.69, 9.17) is 10.2 Å². The molecule has 0 amide bonds. The number of hydrogen-bond donors (Lipinski definition) is 2. The number of fused-ring (bicyclic) bond motifs is 1. The molecular formula is C12H7NO6. The van der Waals surface area contributed by atoms with E-state index in [1.165, 1.54) is 18.2 Å². The number of carboxylic acid groups (broad SMARTS) is 2. The van der Waals surface area contributed by atoms with Crippen molar-refractivity contribution in [3.63, 3.8) is 0 Å². The second-order valence-electron chi connectivity index (χ2n) is 3.74. The van der Waals surface area contributed by atoms with E-state index < -0.39 is 33.7 Å². The van der Waals surface area contributed by atoms with E-state index in [0.29, 0.717) is 5.39 Å². The fraction of sp³-hybridized carbons (Fsp3) is 0. The number of rotatable bonds is 3. The van der Waals surface area contributed by atoms with E-state index in [9.17, 15) is 19.7 Å². The highest BCUT2D eigenvalue weighted by atomic mass is 16.6. The van der Waals surface area contributed by atoms with Gasteiger partial charge in [0.1, 0.15) is 0 Å². The molecule has 2 aromatic rings. The van der Waals surface area contributed by atoms with Crippen molar-refractivity contribution in [2.75, 3.05) is 0 Å². The second kappa shape index (κ2) is 4.37. The zero-order chi connectivity index (χ0) is 14.2. The van der Waals surface area contributed by atoms with E-state index >= 15 is 0 Å². The normalized spacial score (nSPS) is 10.3. The lowest BCUT2D eigenvalue weighted by Crippen LogP contribution is -2.11. The molecule has 0 fully saturated rings. The van der Waals surface area contributed by atoms with Gasteiger partial charge < -0.3 is 10.2 Å². The van der Waals surface area contributed by atoms with Crippen LogP contribution in [0.4, 0.5) is 5.69 Å². The Morgan fingerprint density at radius 1 is 1.11 bits per heavy atom. The maximum atomic E-state index is 11.1. The van der Waals surface area contributed by atoms with E-state index in [1.807, 2.05) is 0 Å². The summed E-state index contributed by atoms with van der Waals surface area (Å²) >= 11 is 0. The molecule has 96 valence electrons. The van der Waals surface area contributed by atoms with Gasteiger partial charge in [0.25, 0.3) is 5.69 Å². The molecule has 0 saturated carbocycles. The van der Waals surface area contributed by atoms with Crippen molar-refractivity contribution in [1.29, 1.82) is 0 Å². The summed E-state index contributed by atoms with van der Waals surface area (Å²) in [5, 5.41) is 29.5. The van der Waals surface area contributed by atoms with E-state index in [0.717, 1.165) is 6.07 Å². The molecule has 2 N–H and O–H groups in total. The molecule has 7 heteroatoms. The number of aromatic carboxylic acids is 2. The molecule has 19 heavy (non-hydrogen) atoms. The van der Waals surface area contributed by atoms with Crippen LogP contribution >= 0.6 is 0 Å². The van der Waals surface area contributed by atoms with Crippen LogP contribution in [0.15, 0.2) is 30.3 Å². The van der Waals surface area contributed by atoms with Gasteiger partial charge in [-0.05, 0) is 17.5 Å². The van der Waals surface area contributed by atoms with E-state index in [-0.39, 0.29) is 5.39 Å². The molecule has 0 aliphatic heterocycles. The Morgan fingerprint density at radius 2 is 1.74 bits per heavy atom. The predicted octanol–water partition coefficient (Wildman–Crippen LogP) is 2.14. The first-order chi connectivity index (χ1) is 8.93. The molecule has 0 saturated heterocycles. The maximum absolute atomic E-state index is 11.1. The molecule has 0 aliphatic rings. The number of nitrogens with zero attached hydrogens (tertiary/aromatic N) is 1. The van der Waals surface area contributed by atoms with Crippen molar-refractivity contribution < 1.29 is 24.7 Å². The summed E-state index contributed by atoms with van der Waals surface area (Å²) in [6.07, 6.45) is 0. The minimum absolute atomic E-state index is 0.0925. The smallest absolute Gasteiger partial charge is 0.343 e. The highest BCUT2D eigenvalue weighted by molar-refractivity contribution is 6.11. The van der Waals surface area contributed by atoms with Crippen LogP contribution in [0.5, 0.6) is 0 Å². The van der Waals surface area contributed by atoms with Crippen molar-refractivity contribution in [1.82, 2.24) is 0 Å². The maximum Gasteiger partial charge on any atom is 0.343 e. The first kappa shape index (κ1) is 12.5. The molecule has 7 nitrogen and oxygen atoms in total. The molecule has 0 aliphatic carbocycles. The average molecular weight is 261 g/mol. The topological polar surface area (TPSA) is 118 Å². The molecule has 0 spiro atoms. The monoisotopic (exact) mass is 261 g/mol. The standard InChI is InChI=1S/C12H7NO6/c14-11(15)8-5-6-3-1-2-4-7(6)10(13(18)19)9(8)12(16)17/h1-5H,(H,14,15)(H,16,17). The van der Waals surface area contributed by atoms with Crippen LogP contribution in [0, 0.1) is 10.1 Å². The third-order valence-electron chi connectivity index (χ3n) is 2.65. The van der Waals surface area contributed by atoms with Crippen LogP contribution in [0.1, 0.15) is 20.7 Å². The zero-order valence-electron chi connectivity index (χ0n) is 9.36. The number of carboxylic acids is 2. The van der Waals surface area contributed by atoms with Gasteiger partial charge in [0, 0.05) is 0 Å². The van der Waals surface area contributed by atoms with Gasteiger partial charge in [-0.25, -0.2) is 9.59 Å². The van der Waals surface area contributed by atoms with E-state index in [2.05, 4.69) is 0 Å². The lowest BCUT2D eigenvalue weighted by molar-refractivity contribution is -0.383. The summed E-state index contributed by atoms with van der Waals surface area (Å²) in [6.45, 7) is 0. The first-order valence-electron chi connectivity index (χ1n) is 5.10. The SMILES string of the molecule is O=C(O)c1cc2ccccc2c([N+](=O)[O-])c1C(=O)O. The van der Waals surface area contributed by atoms with Crippen molar-refractivity contribution in [2.45, 2.75) is 0 Å². The Bertz CT molecular complexity index is 721. The lowest BCUT2D eigenvalue weighted by atomic mass is 9.98. The van der Waals surface area contributed by atoms with Gasteiger partial charge in [-0.15, -0.1) is 0 Å². The van der Waals surface area contributed by atoms with Gasteiger partial charge in [-0.2, -0.15) is 0 Å². The van der Waals surface area contributed by atoms with Crippen molar-refractivity contribution >= 4 is 28.4 Å². The van der Waals surface area contributed by atoms with Crippen LogP contribution < -0.4 is 0 Å². The summed E-state index contributed by atoms with van der Waals surface area (Å²) < 4.78 is 0. The second-order valence-corrected chi connectivity index (χ2v) is 3.74. The molecule has 2 aromatic carbocycles. The van der Waals surface area contributed by atoms with E-state index in [1.54, 1.807) is 6.07 Å². The lowest BCUT2D eigenvalue weighted by Gasteiger charge is -2.06. The van der Waals surface area contributed by atoms with Gasteiger partial charge in [0.2, 0.25) is 0 Å². The van der Waals surface area contributed by atoms with Crippen molar-refractivity contribution in [3.8, 4) is 0 Å². The van der Waals surface area contributed by atoms with Crippen LogP contribution in [0.3, 0.4) is 0 Å². The molecule has 0 radical (unpaired) electrons. The Morgan fingerprint density at radius 3 is 2.26 bits per heavy atom. The minimum Gasteiger partial charge on any atom is -0.478 e. The summed E-state index contributed by atoms with van der Waals surface area (Å²) in [4.78, 5) is 32.4. The van der Waals surface area contributed by atoms with Gasteiger partial charge in [0.05, 0.1) is 15.9 Å². The van der Waals surface area contributed by atoms with Crippen LogP contribution in [0.25, 0.3) is 10.8 Å². The fourth-order valence-corrected chi connectivity index (χ4v) is 1.90. The highest BCUT2D eigenvalue weighted by Crippen LogP contribution is 2.32. The Kier molecular flexibility index (Phi) is 2.88. The third kappa shape index (κ3) is 1.97.